The van der Waals surface area contributed by atoms with E-state index >= 15 is 0 Å². The Kier molecular flexibility index (Phi) is 5.05. The van der Waals surface area contributed by atoms with Crippen molar-refractivity contribution in [2.45, 2.75) is 0 Å². The van der Waals surface area contributed by atoms with Crippen LogP contribution in [-0.2, 0) is 0 Å². The second-order valence-corrected chi connectivity index (χ2v) is 5.25. The fourth-order valence-corrected chi connectivity index (χ4v) is 2.18. The molecule has 0 aliphatic carbocycles. The van der Waals surface area contributed by atoms with E-state index in [1.54, 1.807) is 30.3 Å². The van der Waals surface area contributed by atoms with Crippen LogP contribution in [0.3, 0.4) is 0 Å². The fourth-order valence-electron chi connectivity index (χ4n) is 2.18. The number of ketones is 1. The maximum Gasteiger partial charge on any atom is 0.237 e. The Labute approximate surface area is 146 Å². The average Bonchev–Trinajstić information content (AvgIpc) is 2.67. The van der Waals surface area contributed by atoms with Crippen LogP contribution in [0.4, 0.5) is 4.39 Å². The van der Waals surface area contributed by atoms with Gasteiger partial charge < -0.3 is 0 Å². The Morgan fingerprint density at radius 3 is 2.08 bits per heavy atom. The van der Waals surface area contributed by atoms with Gasteiger partial charge in [0.1, 0.15) is 5.82 Å². The minimum Gasteiger partial charge on any atom is -0.279 e. The van der Waals surface area contributed by atoms with Gasteiger partial charge in [0.25, 0.3) is 0 Å². The van der Waals surface area contributed by atoms with Crippen LogP contribution in [0.25, 0.3) is 0 Å². The summed E-state index contributed by atoms with van der Waals surface area (Å²) in [7, 11) is 0. The number of Topliss-reactive ketones (excluding diaryl/α,β-unsaturated/α-hetero) is 1. The van der Waals surface area contributed by atoms with E-state index in [0.29, 0.717) is 16.7 Å². The van der Waals surface area contributed by atoms with Crippen molar-refractivity contribution in [2.24, 2.45) is 0 Å². The van der Waals surface area contributed by atoms with Gasteiger partial charge in [0.2, 0.25) is 5.78 Å². The quantitative estimate of drug-likeness (QED) is 0.477. The molecule has 0 atom stereocenters. The molecule has 1 nitrogen and oxygen atoms in total. The van der Waals surface area contributed by atoms with Gasteiger partial charge in [0, 0.05) is 22.3 Å². The maximum atomic E-state index is 12.9. The van der Waals surface area contributed by atoms with Gasteiger partial charge >= 0.3 is 0 Å². The largest absolute Gasteiger partial charge is 0.279 e. The smallest absolute Gasteiger partial charge is 0.237 e. The van der Waals surface area contributed by atoms with Gasteiger partial charge in [0.15, 0.2) is 0 Å². The zero-order chi connectivity index (χ0) is 17.5. The molecule has 3 aromatic carbocycles. The zero-order valence-corrected chi connectivity index (χ0v) is 13.3. The Hall–Kier alpha value is -3.62. The summed E-state index contributed by atoms with van der Waals surface area (Å²) in [5, 5.41) is 0. The molecule has 2 heteroatoms. The van der Waals surface area contributed by atoms with E-state index in [-0.39, 0.29) is 11.6 Å². The molecule has 0 aromatic heterocycles. The summed E-state index contributed by atoms with van der Waals surface area (Å²) >= 11 is 0. The summed E-state index contributed by atoms with van der Waals surface area (Å²) in [6, 6.07) is 22.3. The zero-order valence-electron chi connectivity index (χ0n) is 13.3. The van der Waals surface area contributed by atoms with Gasteiger partial charge in [0.05, 0.1) is 0 Å². The van der Waals surface area contributed by atoms with E-state index in [9.17, 15) is 9.18 Å². The van der Waals surface area contributed by atoms with E-state index in [4.69, 9.17) is 0 Å². The highest BCUT2D eigenvalue weighted by molar-refractivity contribution is 6.10. The minimum atomic E-state index is -0.308. The van der Waals surface area contributed by atoms with Crippen molar-refractivity contribution < 1.29 is 9.18 Å². The Morgan fingerprint density at radius 2 is 1.32 bits per heavy atom. The molecule has 0 radical (unpaired) electrons. The lowest BCUT2D eigenvalue weighted by molar-refractivity contribution is 0.105. The number of carbonyl (C=O) groups is 1. The molecule has 0 spiro atoms. The molecule has 0 saturated carbocycles. The van der Waals surface area contributed by atoms with Crippen molar-refractivity contribution in [3.8, 4) is 23.7 Å². The van der Waals surface area contributed by atoms with Crippen molar-refractivity contribution >= 4 is 5.78 Å². The van der Waals surface area contributed by atoms with Crippen molar-refractivity contribution in [3.05, 3.63) is 107 Å². The third kappa shape index (κ3) is 4.44. The van der Waals surface area contributed by atoms with Crippen molar-refractivity contribution in [1.29, 1.82) is 0 Å². The van der Waals surface area contributed by atoms with Crippen molar-refractivity contribution in [3.63, 3.8) is 0 Å². The van der Waals surface area contributed by atoms with E-state index < -0.39 is 0 Å². The minimum absolute atomic E-state index is 0.284. The predicted molar refractivity (Wildman–Crippen MR) is 96.5 cm³/mol. The van der Waals surface area contributed by atoms with Gasteiger partial charge in [-0.05, 0) is 54.5 Å². The summed E-state index contributed by atoms with van der Waals surface area (Å²) in [6.07, 6.45) is 0. The number of hydrogen-bond donors (Lipinski definition) is 0. The first-order valence-electron chi connectivity index (χ1n) is 7.70. The summed E-state index contributed by atoms with van der Waals surface area (Å²) < 4.78 is 12.9. The number of hydrogen-bond acceptors (Lipinski definition) is 1. The van der Waals surface area contributed by atoms with Gasteiger partial charge in [-0.25, -0.2) is 4.39 Å². The topological polar surface area (TPSA) is 17.1 Å². The normalized spacial score (nSPS) is 9.32. The molecule has 0 bridgehead atoms. The number of rotatable bonds is 1. The molecule has 25 heavy (non-hydrogen) atoms. The molecule has 0 heterocycles. The Morgan fingerprint density at radius 1 is 0.680 bits per heavy atom. The molecule has 3 aromatic rings. The lowest BCUT2D eigenvalue weighted by atomic mass is 10.0. The second-order valence-electron chi connectivity index (χ2n) is 5.25. The van der Waals surface area contributed by atoms with Crippen LogP contribution in [0.2, 0.25) is 0 Å². The van der Waals surface area contributed by atoms with Gasteiger partial charge in [-0.15, -0.1) is 0 Å². The predicted octanol–water partition coefficient (Wildman–Crippen LogP) is 4.46. The number of halogens is 1. The highest BCUT2D eigenvalue weighted by Gasteiger charge is 2.06. The molecule has 0 N–H and O–H groups in total. The SMILES string of the molecule is O=C(C#Cc1ccccc1)c1ccccc1C#Cc1ccc(F)cc1. The lowest BCUT2D eigenvalue weighted by Gasteiger charge is -1.98. The first-order valence-corrected chi connectivity index (χ1v) is 7.70. The third-order valence-electron chi connectivity index (χ3n) is 3.45. The van der Waals surface area contributed by atoms with E-state index in [0.717, 1.165) is 5.56 Å². The molecule has 0 saturated heterocycles. The summed E-state index contributed by atoms with van der Waals surface area (Å²) in [6.45, 7) is 0. The van der Waals surface area contributed by atoms with Crippen LogP contribution in [0.1, 0.15) is 27.0 Å². The van der Waals surface area contributed by atoms with Crippen LogP contribution in [0.5, 0.6) is 0 Å². The van der Waals surface area contributed by atoms with Crippen LogP contribution >= 0.6 is 0 Å². The summed E-state index contributed by atoms with van der Waals surface area (Å²) in [4.78, 5) is 12.4. The molecule has 118 valence electrons. The Balaban J connectivity index is 1.88. The molecule has 3 rings (SSSR count). The van der Waals surface area contributed by atoms with Gasteiger partial charge in [-0.1, -0.05) is 48.1 Å². The van der Waals surface area contributed by atoms with E-state index in [1.807, 2.05) is 36.4 Å². The molecule has 0 aliphatic rings. The highest BCUT2D eigenvalue weighted by atomic mass is 19.1. The van der Waals surface area contributed by atoms with Crippen molar-refractivity contribution in [2.75, 3.05) is 0 Å². The third-order valence-corrected chi connectivity index (χ3v) is 3.45. The highest BCUT2D eigenvalue weighted by Crippen LogP contribution is 2.09. The van der Waals surface area contributed by atoms with Crippen LogP contribution < -0.4 is 0 Å². The molecular formula is C23H13FO. The van der Waals surface area contributed by atoms with Crippen molar-refractivity contribution in [1.82, 2.24) is 0 Å². The number of carbonyl (C=O) groups excluding carboxylic acids is 1. The summed E-state index contributed by atoms with van der Waals surface area (Å²) in [5.74, 6) is 10.8. The second kappa shape index (κ2) is 7.77. The Bertz CT molecular complexity index is 1010. The molecule has 0 fully saturated rings. The first-order chi connectivity index (χ1) is 12.2. The first kappa shape index (κ1) is 16.2. The monoisotopic (exact) mass is 324 g/mol. The van der Waals surface area contributed by atoms with Crippen LogP contribution in [-0.4, -0.2) is 5.78 Å². The standard InChI is InChI=1S/C23H13FO/c24-21-15-11-19(12-16-21)10-14-20-8-4-5-9-22(20)23(25)17-13-18-6-2-1-3-7-18/h1-9,11-12,15-16H. The molecule has 0 aliphatic heterocycles. The van der Waals surface area contributed by atoms with E-state index in [2.05, 4.69) is 23.7 Å². The molecule has 0 unspecified atom stereocenters. The average molecular weight is 324 g/mol. The van der Waals surface area contributed by atoms with Crippen LogP contribution in [0.15, 0.2) is 78.9 Å². The molecule has 0 amide bonds. The van der Waals surface area contributed by atoms with E-state index in [1.165, 1.54) is 12.1 Å². The number of benzene rings is 3. The maximum absolute atomic E-state index is 12.9. The van der Waals surface area contributed by atoms with Gasteiger partial charge in [-0.2, -0.15) is 0 Å². The van der Waals surface area contributed by atoms with Crippen LogP contribution in [0, 0.1) is 29.5 Å². The molecular weight excluding hydrogens is 311 g/mol. The fraction of sp³-hybridized carbons (Fsp3) is 0. The lowest BCUT2D eigenvalue weighted by Crippen LogP contribution is -1.98. The van der Waals surface area contributed by atoms with Gasteiger partial charge in [-0.3, -0.25) is 4.79 Å². The summed E-state index contributed by atoms with van der Waals surface area (Å²) in [5.41, 5.74) is 2.52.